The maximum absolute atomic E-state index is 13.0. The van der Waals surface area contributed by atoms with Gasteiger partial charge in [0, 0.05) is 25.2 Å². The minimum atomic E-state index is 0.0387. The average Bonchev–Trinajstić information content (AvgIpc) is 3.00. The summed E-state index contributed by atoms with van der Waals surface area (Å²) >= 11 is 0. The Morgan fingerprint density at radius 1 is 1.00 bits per heavy atom. The zero-order chi connectivity index (χ0) is 18.5. The summed E-state index contributed by atoms with van der Waals surface area (Å²) in [7, 11) is 0. The molecular formula is C22H29N3O2. The zero-order valence-electron chi connectivity index (χ0n) is 16.0. The molecule has 4 rings (SSSR count). The molecule has 0 spiro atoms. The molecule has 1 fully saturated rings. The lowest BCUT2D eigenvalue weighted by Crippen LogP contribution is -2.35. The first-order valence-corrected chi connectivity index (χ1v) is 10.3. The number of fused-ring (bicyclic) bond motifs is 1. The Morgan fingerprint density at radius 3 is 2.74 bits per heavy atom. The van der Waals surface area contributed by atoms with E-state index in [-0.39, 0.29) is 5.91 Å². The fraction of sp³-hybridized carbons (Fsp3) is 0.545. The molecule has 1 amide bonds. The zero-order valence-corrected chi connectivity index (χ0v) is 16.0. The molecular weight excluding hydrogens is 338 g/mol. The van der Waals surface area contributed by atoms with Crippen LogP contribution >= 0.6 is 0 Å². The molecule has 2 heterocycles. The molecule has 0 bridgehead atoms. The van der Waals surface area contributed by atoms with Gasteiger partial charge in [0.2, 0.25) is 5.76 Å². The van der Waals surface area contributed by atoms with Crippen molar-refractivity contribution >= 4 is 5.91 Å². The van der Waals surface area contributed by atoms with Gasteiger partial charge in [-0.1, -0.05) is 35.5 Å². The lowest BCUT2D eigenvalue weighted by molar-refractivity contribution is 0.0718. The highest BCUT2D eigenvalue weighted by atomic mass is 16.5. The van der Waals surface area contributed by atoms with Gasteiger partial charge in [0.25, 0.3) is 5.91 Å². The largest absolute Gasteiger partial charge is 0.350 e. The first-order valence-electron chi connectivity index (χ1n) is 10.3. The number of hydrogen-bond donors (Lipinski definition) is 0. The monoisotopic (exact) mass is 367 g/mol. The third-order valence-electron chi connectivity index (χ3n) is 5.81. The normalized spacial score (nSPS) is 18.1. The topological polar surface area (TPSA) is 49.6 Å². The first-order chi connectivity index (χ1) is 13.3. The van der Waals surface area contributed by atoms with Gasteiger partial charge in [-0.2, -0.15) is 0 Å². The predicted molar refractivity (Wildman–Crippen MR) is 105 cm³/mol. The first kappa shape index (κ1) is 18.2. The van der Waals surface area contributed by atoms with Gasteiger partial charge in [-0.05, 0) is 63.6 Å². The summed E-state index contributed by atoms with van der Waals surface area (Å²) in [5.74, 6) is 0.541. The Morgan fingerprint density at radius 2 is 1.85 bits per heavy atom. The second-order valence-electron chi connectivity index (χ2n) is 7.72. The summed E-state index contributed by atoms with van der Waals surface area (Å²) < 4.78 is 5.46. The SMILES string of the molecule is O=C(c1onc2c1CCCC2)N1CCCN(CCCc2ccccc2)CC1. The van der Waals surface area contributed by atoms with E-state index in [9.17, 15) is 4.79 Å². The number of aryl methyl sites for hydroxylation is 2. The van der Waals surface area contributed by atoms with Crippen LogP contribution < -0.4 is 0 Å². The lowest BCUT2D eigenvalue weighted by atomic mass is 9.96. The van der Waals surface area contributed by atoms with Crippen molar-refractivity contribution < 1.29 is 9.32 Å². The van der Waals surface area contributed by atoms with Gasteiger partial charge in [-0.3, -0.25) is 4.79 Å². The maximum atomic E-state index is 13.0. The summed E-state index contributed by atoms with van der Waals surface area (Å²) in [6.07, 6.45) is 7.45. The number of benzene rings is 1. The van der Waals surface area contributed by atoms with Gasteiger partial charge >= 0.3 is 0 Å². The minimum Gasteiger partial charge on any atom is -0.350 e. The van der Waals surface area contributed by atoms with Crippen LogP contribution in [0.1, 0.15) is 53.1 Å². The van der Waals surface area contributed by atoms with Crippen molar-refractivity contribution in [1.82, 2.24) is 15.0 Å². The lowest BCUT2D eigenvalue weighted by Gasteiger charge is -2.21. The number of carbonyl (C=O) groups excluding carboxylic acids is 1. The Hall–Kier alpha value is -2.14. The highest BCUT2D eigenvalue weighted by Crippen LogP contribution is 2.25. The second-order valence-corrected chi connectivity index (χ2v) is 7.72. The van der Waals surface area contributed by atoms with Gasteiger partial charge in [-0.15, -0.1) is 0 Å². The Kier molecular flexibility index (Phi) is 5.87. The molecule has 1 aliphatic carbocycles. The summed E-state index contributed by atoms with van der Waals surface area (Å²) in [6.45, 7) is 4.68. The highest BCUT2D eigenvalue weighted by molar-refractivity contribution is 5.93. The third kappa shape index (κ3) is 4.41. The number of carbonyl (C=O) groups is 1. The standard InChI is InChI=1S/C22H29N3O2/c26-22(21-19-11-4-5-12-20(19)23-27-21)25-15-7-14-24(16-17-25)13-6-10-18-8-2-1-3-9-18/h1-3,8-9H,4-7,10-17H2. The molecule has 0 saturated carbocycles. The molecule has 144 valence electrons. The van der Waals surface area contributed by atoms with Crippen LogP contribution in [0.4, 0.5) is 0 Å². The van der Waals surface area contributed by atoms with Gasteiger partial charge < -0.3 is 14.3 Å². The number of rotatable bonds is 5. The van der Waals surface area contributed by atoms with Crippen LogP contribution in [-0.4, -0.2) is 53.6 Å². The van der Waals surface area contributed by atoms with Crippen LogP contribution in [0.15, 0.2) is 34.9 Å². The predicted octanol–water partition coefficient (Wildman–Crippen LogP) is 3.33. The molecule has 0 radical (unpaired) electrons. The second kappa shape index (κ2) is 8.70. The van der Waals surface area contributed by atoms with E-state index in [0.29, 0.717) is 5.76 Å². The summed E-state index contributed by atoms with van der Waals surface area (Å²) in [5.41, 5.74) is 3.47. The Bertz CT molecular complexity index is 756. The molecule has 5 nitrogen and oxygen atoms in total. The molecule has 1 saturated heterocycles. The van der Waals surface area contributed by atoms with E-state index in [4.69, 9.17) is 4.52 Å². The smallest absolute Gasteiger partial charge is 0.292 e. The van der Waals surface area contributed by atoms with E-state index in [1.54, 1.807) is 0 Å². The van der Waals surface area contributed by atoms with E-state index in [0.717, 1.165) is 88.9 Å². The fourth-order valence-corrected chi connectivity index (χ4v) is 4.25. The van der Waals surface area contributed by atoms with E-state index >= 15 is 0 Å². The molecule has 1 aromatic carbocycles. The third-order valence-corrected chi connectivity index (χ3v) is 5.81. The van der Waals surface area contributed by atoms with Crippen LogP contribution in [0.5, 0.6) is 0 Å². The van der Waals surface area contributed by atoms with E-state index in [1.165, 1.54) is 5.56 Å². The van der Waals surface area contributed by atoms with Crippen molar-refractivity contribution in [2.45, 2.75) is 44.9 Å². The summed E-state index contributed by atoms with van der Waals surface area (Å²) in [6, 6.07) is 10.7. The molecule has 0 atom stereocenters. The average molecular weight is 367 g/mol. The van der Waals surface area contributed by atoms with Crippen LogP contribution in [0, 0.1) is 0 Å². The minimum absolute atomic E-state index is 0.0387. The van der Waals surface area contributed by atoms with Crippen molar-refractivity contribution in [3.63, 3.8) is 0 Å². The molecule has 1 aromatic heterocycles. The van der Waals surface area contributed by atoms with Crippen LogP contribution in [-0.2, 0) is 19.3 Å². The Labute approximate surface area is 161 Å². The van der Waals surface area contributed by atoms with Crippen molar-refractivity contribution in [2.24, 2.45) is 0 Å². The van der Waals surface area contributed by atoms with Crippen LogP contribution in [0.25, 0.3) is 0 Å². The number of nitrogens with zero attached hydrogens (tertiary/aromatic N) is 3. The number of hydrogen-bond acceptors (Lipinski definition) is 4. The summed E-state index contributed by atoms with van der Waals surface area (Å²) in [5, 5.41) is 4.15. The van der Waals surface area contributed by atoms with Crippen LogP contribution in [0.3, 0.4) is 0 Å². The summed E-state index contributed by atoms with van der Waals surface area (Å²) in [4.78, 5) is 17.4. The molecule has 1 aliphatic heterocycles. The van der Waals surface area contributed by atoms with Gasteiger partial charge in [0.05, 0.1) is 5.69 Å². The van der Waals surface area contributed by atoms with Gasteiger partial charge in [0.15, 0.2) is 0 Å². The van der Waals surface area contributed by atoms with Gasteiger partial charge in [-0.25, -0.2) is 0 Å². The highest BCUT2D eigenvalue weighted by Gasteiger charge is 2.28. The maximum Gasteiger partial charge on any atom is 0.292 e. The van der Waals surface area contributed by atoms with Crippen molar-refractivity contribution in [1.29, 1.82) is 0 Å². The molecule has 2 aromatic rings. The van der Waals surface area contributed by atoms with Crippen molar-refractivity contribution in [3.8, 4) is 0 Å². The number of amides is 1. The quantitative estimate of drug-likeness (QED) is 0.813. The van der Waals surface area contributed by atoms with Gasteiger partial charge in [0.1, 0.15) is 0 Å². The van der Waals surface area contributed by atoms with Crippen molar-refractivity contribution in [2.75, 3.05) is 32.7 Å². The molecule has 27 heavy (non-hydrogen) atoms. The molecule has 0 N–H and O–H groups in total. The van der Waals surface area contributed by atoms with E-state index in [1.807, 2.05) is 4.90 Å². The Balaban J connectivity index is 1.29. The van der Waals surface area contributed by atoms with Crippen LogP contribution in [0.2, 0.25) is 0 Å². The fourth-order valence-electron chi connectivity index (χ4n) is 4.25. The molecule has 0 unspecified atom stereocenters. The molecule has 2 aliphatic rings. The van der Waals surface area contributed by atoms with E-state index < -0.39 is 0 Å². The van der Waals surface area contributed by atoms with E-state index in [2.05, 4.69) is 40.4 Å². The number of aromatic nitrogens is 1. The molecule has 5 heteroatoms. The van der Waals surface area contributed by atoms with Crippen molar-refractivity contribution in [3.05, 3.63) is 52.9 Å².